The molecule has 1 amide bonds. The average Bonchev–Trinajstić information content (AvgIpc) is 3.14. The number of thioether (sulfide) groups is 1. The summed E-state index contributed by atoms with van der Waals surface area (Å²) < 4.78 is 28.0. The van der Waals surface area contributed by atoms with E-state index in [4.69, 9.17) is 11.6 Å². The van der Waals surface area contributed by atoms with Gasteiger partial charge in [-0.15, -0.1) is 3.97 Å². The number of rotatable bonds is 6. The van der Waals surface area contributed by atoms with Crippen molar-refractivity contribution >= 4 is 56.0 Å². The molecule has 9 heteroatoms. The number of imidazole rings is 1. The molecule has 0 atom stereocenters. The fraction of sp³-hybridized carbons (Fsp3) is 0.0909. The molecule has 0 saturated carbocycles. The number of hydrogen-bond acceptors (Lipinski definition) is 4. The van der Waals surface area contributed by atoms with E-state index in [0.717, 1.165) is 17.3 Å². The Kier molecular flexibility index (Phi) is 6.04. The Morgan fingerprint density at radius 3 is 2.52 bits per heavy atom. The lowest BCUT2D eigenvalue weighted by Crippen LogP contribution is -2.44. The van der Waals surface area contributed by atoms with E-state index >= 15 is 0 Å². The number of carbonyl (C=O) groups excluding carboxylic acids is 1. The summed E-state index contributed by atoms with van der Waals surface area (Å²) in [6.07, 6.45) is 0. The molecule has 0 bridgehead atoms. The average molecular weight is 473 g/mol. The summed E-state index contributed by atoms with van der Waals surface area (Å²) in [5.74, 6) is -0.292. The Morgan fingerprint density at radius 1 is 1.06 bits per heavy atom. The van der Waals surface area contributed by atoms with Crippen molar-refractivity contribution in [2.45, 2.75) is 17.0 Å². The fourth-order valence-corrected chi connectivity index (χ4v) is 5.97. The maximum absolute atomic E-state index is 13.4. The molecule has 2 N–H and O–H groups in total. The number of aromatic nitrogens is 2. The van der Waals surface area contributed by atoms with Crippen molar-refractivity contribution in [1.82, 2.24) is 4.98 Å². The smallest absolute Gasteiger partial charge is 0.324 e. The van der Waals surface area contributed by atoms with Crippen LogP contribution in [0.5, 0.6) is 0 Å². The van der Waals surface area contributed by atoms with Gasteiger partial charge in [-0.25, -0.2) is 4.98 Å². The number of aromatic amines is 1. The molecule has 0 aliphatic carbocycles. The Bertz CT molecular complexity index is 1370. The number of carbonyl (C=O) groups is 1. The summed E-state index contributed by atoms with van der Waals surface area (Å²) in [5, 5.41) is 3.56. The third-order valence-electron chi connectivity index (χ3n) is 4.57. The van der Waals surface area contributed by atoms with Crippen LogP contribution >= 0.6 is 23.4 Å². The molecule has 1 heterocycles. The summed E-state index contributed by atoms with van der Waals surface area (Å²) in [7, 11) is -3.86. The van der Waals surface area contributed by atoms with Gasteiger partial charge in [0.15, 0.2) is 11.0 Å². The zero-order chi connectivity index (χ0) is 22.0. The number of nitrogens with one attached hydrogen (secondary N) is 2. The monoisotopic (exact) mass is 472 g/mol. The van der Waals surface area contributed by atoms with Crippen LogP contribution in [0.25, 0.3) is 11.0 Å². The van der Waals surface area contributed by atoms with Crippen LogP contribution < -0.4 is 9.29 Å². The summed E-state index contributed by atoms with van der Waals surface area (Å²) in [6.45, 7) is 1.91. The molecule has 4 aromatic rings. The van der Waals surface area contributed by atoms with E-state index in [1.807, 2.05) is 19.1 Å². The molecule has 0 radical (unpaired) electrons. The highest BCUT2D eigenvalue weighted by Crippen LogP contribution is 2.24. The largest absolute Gasteiger partial charge is 0.336 e. The van der Waals surface area contributed by atoms with Gasteiger partial charge in [-0.2, -0.15) is 8.42 Å². The van der Waals surface area contributed by atoms with E-state index in [2.05, 4.69) is 10.3 Å². The number of anilines is 1. The number of fused-ring (bicyclic) bond motifs is 1. The zero-order valence-electron chi connectivity index (χ0n) is 16.5. The second kappa shape index (κ2) is 8.74. The van der Waals surface area contributed by atoms with E-state index < -0.39 is 10.0 Å². The number of benzene rings is 3. The highest BCUT2D eigenvalue weighted by atomic mass is 35.5. The van der Waals surface area contributed by atoms with Gasteiger partial charge in [-0.05, 0) is 60.6 Å². The molecule has 31 heavy (non-hydrogen) atoms. The van der Waals surface area contributed by atoms with Crippen molar-refractivity contribution in [3.8, 4) is 0 Å². The molecule has 1 aromatic heterocycles. The van der Waals surface area contributed by atoms with Gasteiger partial charge in [0.25, 0.3) is 0 Å². The highest BCUT2D eigenvalue weighted by Gasteiger charge is 2.31. The zero-order valence-corrected chi connectivity index (χ0v) is 18.9. The van der Waals surface area contributed by atoms with Gasteiger partial charge >= 0.3 is 15.2 Å². The highest BCUT2D eigenvalue weighted by molar-refractivity contribution is 8.00. The molecule has 0 spiro atoms. The van der Waals surface area contributed by atoms with Crippen LogP contribution in [0.15, 0.2) is 82.8 Å². The number of hydrogen-bond donors (Lipinski definition) is 2. The van der Waals surface area contributed by atoms with Gasteiger partial charge in [0, 0.05) is 0 Å². The number of amides is 1. The minimum Gasteiger partial charge on any atom is -0.324 e. The van der Waals surface area contributed by atoms with Crippen LogP contribution in [0.2, 0.25) is 5.02 Å². The van der Waals surface area contributed by atoms with Crippen molar-refractivity contribution in [3.63, 3.8) is 0 Å². The van der Waals surface area contributed by atoms with Crippen LogP contribution in [-0.4, -0.2) is 25.1 Å². The van der Waals surface area contributed by atoms with Gasteiger partial charge in [0.05, 0.1) is 16.5 Å². The van der Waals surface area contributed by atoms with Gasteiger partial charge < -0.3 is 5.32 Å². The molecule has 158 valence electrons. The molecule has 4 rings (SSSR count). The Balaban J connectivity index is 1.64. The standard InChI is InChI=1S/C22H18ClN3O3S2/c1-15-11-12-18(17(23)13-15)24-21(27)14-30-22-25-19-9-5-6-10-20(19)26(22)31(28,29)16-7-3-2-4-8-16/h2-13H,14H2,1H3,(H,24,27)/p+1. The number of halogens is 1. The fourth-order valence-electron chi connectivity index (χ4n) is 3.10. The second-order valence-corrected chi connectivity index (χ2v) is 10.0. The first-order valence-electron chi connectivity index (χ1n) is 9.38. The first-order chi connectivity index (χ1) is 14.9. The molecular weight excluding hydrogens is 454 g/mol. The molecule has 0 saturated heterocycles. The van der Waals surface area contributed by atoms with E-state index in [9.17, 15) is 13.2 Å². The summed E-state index contributed by atoms with van der Waals surface area (Å²) in [5.41, 5.74) is 2.67. The van der Waals surface area contributed by atoms with Crippen LogP contribution in [0.1, 0.15) is 5.56 Å². The van der Waals surface area contributed by atoms with Crippen LogP contribution in [0.3, 0.4) is 0 Å². The molecular formula is C22H19ClN3O3S2+. The lowest BCUT2D eigenvalue weighted by molar-refractivity contribution is -0.526. The number of H-pyrrole nitrogens is 1. The van der Waals surface area contributed by atoms with Crippen molar-refractivity contribution in [2.75, 3.05) is 11.1 Å². The first-order valence-corrected chi connectivity index (χ1v) is 12.2. The van der Waals surface area contributed by atoms with Crippen LogP contribution in [0.4, 0.5) is 5.69 Å². The topological polar surface area (TPSA) is 82.9 Å². The first kappa shape index (κ1) is 21.4. The maximum Gasteiger partial charge on any atom is 0.336 e. The Labute approximate surface area is 189 Å². The predicted molar refractivity (Wildman–Crippen MR) is 123 cm³/mol. The number of para-hydroxylation sites is 2. The van der Waals surface area contributed by atoms with Crippen molar-refractivity contribution in [1.29, 1.82) is 0 Å². The van der Waals surface area contributed by atoms with Crippen molar-refractivity contribution < 1.29 is 17.2 Å². The predicted octanol–water partition coefficient (Wildman–Crippen LogP) is 4.39. The Hall–Kier alpha value is -2.81. The normalized spacial score (nSPS) is 11.5. The minimum absolute atomic E-state index is 0.00133. The minimum atomic E-state index is -3.86. The van der Waals surface area contributed by atoms with E-state index in [1.165, 1.54) is 3.97 Å². The van der Waals surface area contributed by atoms with Gasteiger partial charge in [-0.3, -0.25) is 4.79 Å². The van der Waals surface area contributed by atoms with E-state index in [-0.39, 0.29) is 16.6 Å². The van der Waals surface area contributed by atoms with Gasteiger partial charge in [0.1, 0.15) is 4.90 Å². The number of nitrogens with zero attached hydrogens (tertiary/aromatic N) is 1. The molecule has 0 aliphatic heterocycles. The lowest BCUT2D eigenvalue weighted by atomic mass is 10.2. The van der Waals surface area contributed by atoms with Gasteiger partial charge in [0.2, 0.25) is 5.91 Å². The third kappa shape index (κ3) is 4.46. The molecule has 0 fully saturated rings. The molecule has 0 unspecified atom stereocenters. The maximum atomic E-state index is 13.4. The SMILES string of the molecule is Cc1ccc(NC(=O)CSc2[nH]c3ccccc3[n+]2S(=O)(=O)c2ccccc2)c(Cl)c1. The molecule has 3 aromatic carbocycles. The van der Waals surface area contributed by atoms with Gasteiger partial charge in [-0.1, -0.05) is 48.0 Å². The lowest BCUT2D eigenvalue weighted by Gasteiger charge is -2.07. The number of aryl methyl sites for hydroxylation is 1. The summed E-state index contributed by atoms with van der Waals surface area (Å²) >= 11 is 7.29. The van der Waals surface area contributed by atoms with Crippen LogP contribution in [0, 0.1) is 6.92 Å². The molecule has 6 nitrogen and oxygen atoms in total. The van der Waals surface area contributed by atoms with Crippen LogP contribution in [-0.2, 0) is 14.8 Å². The second-order valence-electron chi connectivity index (χ2n) is 6.85. The van der Waals surface area contributed by atoms with E-state index in [0.29, 0.717) is 26.9 Å². The van der Waals surface area contributed by atoms with E-state index in [1.54, 1.807) is 60.7 Å². The summed E-state index contributed by atoms with van der Waals surface area (Å²) in [6, 6.07) is 20.7. The summed E-state index contributed by atoms with van der Waals surface area (Å²) in [4.78, 5) is 15.8. The van der Waals surface area contributed by atoms with Crippen molar-refractivity contribution in [2.24, 2.45) is 0 Å². The third-order valence-corrected chi connectivity index (χ3v) is 7.69. The quantitative estimate of drug-likeness (QED) is 0.322. The van der Waals surface area contributed by atoms with Crippen molar-refractivity contribution in [3.05, 3.63) is 83.4 Å². The Morgan fingerprint density at radius 2 is 1.77 bits per heavy atom. The molecule has 0 aliphatic rings.